The molecule has 0 bridgehead atoms. The molecule has 0 spiro atoms. The molecule has 0 aromatic heterocycles. The van der Waals surface area contributed by atoms with Crippen molar-refractivity contribution in [3.05, 3.63) is 0 Å². The second-order valence-corrected chi connectivity index (χ2v) is 15.0. The highest BCUT2D eigenvalue weighted by atomic mass is 14.5. The Bertz CT molecular complexity index is 591. The molecule has 5 aliphatic carbocycles. The lowest BCUT2D eigenvalue weighted by Gasteiger charge is -2.49. The molecular weight excluding hydrogens is 432 g/mol. The summed E-state index contributed by atoms with van der Waals surface area (Å²) in [5.41, 5.74) is 0. The topological polar surface area (TPSA) is 0 Å². The molecule has 0 aromatic rings. The maximum Gasteiger partial charge on any atom is -0.0324 e. The summed E-state index contributed by atoms with van der Waals surface area (Å²) in [5, 5.41) is 0. The molecule has 0 heteroatoms. The van der Waals surface area contributed by atoms with Crippen molar-refractivity contribution < 1.29 is 0 Å². The lowest BCUT2D eigenvalue weighted by molar-refractivity contribution is -0.00258. The van der Waals surface area contributed by atoms with E-state index in [-0.39, 0.29) is 0 Å². The van der Waals surface area contributed by atoms with Crippen molar-refractivity contribution in [1.29, 1.82) is 0 Å². The minimum atomic E-state index is 1.01. The predicted octanol–water partition coefficient (Wildman–Crippen LogP) is 11.7. The molecule has 5 fully saturated rings. The normalized spacial score (nSPS) is 45.1. The molecule has 7 unspecified atom stereocenters. The van der Waals surface area contributed by atoms with Gasteiger partial charge in [-0.25, -0.2) is 0 Å². The molecule has 0 amide bonds. The number of unbranched alkanes of at least 4 members (excludes halogenated alkanes) is 1. The van der Waals surface area contributed by atoms with Gasteiger partial charge in [-0.3, -0.25) is 0 Å². The molecule has 0 heterocycles. The average Bonchev–Trinajstić information content (AvgIpc) is 3.56. The third-order valence-corrected chi connectivity index (χ3v) is 12.9. The van der Waals surface area contributed by atoms with Crippen molar-refractivity contribution >= 4 is 0 Å². The Morgan fingerprint density at radius 1 is 0.556 bits per heavy atom. The van der Waals surface area contributed by atoms with Gasteiger partial charge in [0.2, 0.25) is 0 Å². The van der Waals surface area contributed by atoms with Crippen molar-refractivity contribution in [1.82, 2.24) is 0 Å². The molecular formula is C36H66. The molecule has 7 atom stereocenters. The van der Waals surface area contributed by atoms with Crippen LogP contribution >= 0.6 is 0 Å². The minimum absolute atomic E-state index is 1.01. The van der Waals surface area contributed by atoms with Gasteiger partial charge in [0.05, 0.1) is 0 Å². The van der Waals surface area contributed by atoms with Gasteiger partial charge in [-0.2, -0.15) is 0 Å². The number of fused-ring (bicyclic) bond motifs is 1. The van der Waals surface area contributed by atoms with E-state index < -0.39 is 0 Å². The van der Waals surface area contributed by atoms with Gasteiger partial charge in [0.25, 0.3) is 0 Å². The van der Waals surface area contributed by atoms with Crippen LogP contribution in [0.1, 0.15) is 163 Å². The van der Waals surface area contributed by atoms with Crippen molar-refractivity contribution in [3.8, 4) is 0 Å². The molecule has 5 aliphatic rings. The van der Waals surface area contributed by atoms with Crippen molar-refractivity contribution in [2.24, 2.45) is 65.1 Å². The third kappa shape index (κ3) is 7.34. The lowest BCUT2D eigenvalue weighted by Crippen LogP contribution is -2.42. The monoisotopic (exact) mass is 499 g/mol. The summed E-state index contributed by atoms with van der Waals surface area (Å²) < 4.78 is 0. The zero-order chi connectivity index (χ0) is 25.5. The van der Waals surface area contributed by atoms with E-state index in [1.54, 1.807) is 83.5 Å². The number of rotatable bonds is 7. The van der Waals surface area contributed by atoms with Gasteiger partial charge in [0, 0.05) is 0 Å². The maximum atomic E-state index is 2.61. The molecule has 0 radical (unpaired) electrons. The maximum absolute atomic E-state index is 2.61. The molecule has 0 saturated heterocycles. The Labute approximate surface area is 227 Å². The fourth-order valence-electron chi connectivity index (χ4n) is 10.6. The Morgan fingerprint density at radius 3 is 1.72 bits per heavy atom. The highest BCUT2D eigenvalue weighted by Gasteiger charge is 2.47. The Kier molecular flexibility index (Phi) is 11.6. The summed E-state index contributed by atoms with van der Waals surface area (Å²) in [6.45, 7) is 12.2. The molecule has 0 aliphatic heterocycles. The molecule has 5 saturated carbocycles. The van der Waals surface area contributed by atoms with Crippen LogP contribution in [-0.4, -0.2) is 0 Å². The molecule has 36 heavy (non-hydrogen) atoms. The van der Waals surface area contributed by atoms with E-state index in [0.29, 0.717) is 0 Å². The van der Waals surface area contributed by atoms with Gasteiger partial charge in [-0.1, -0.05) is 105 Å². The van der Waals surface area contributed by atoms with Gasteiger partial charge in [-0.15, -0.1) is 0 Å². The van der Waals surface area contributed by atoms with Crippen molar-refractivity contribution in [2.75, 3.05) is 0 Å². The Morgan fingerprint density at radius 2 is 1.17 bits per heavy atom. The van der Waals surface area contributed by atoms with Gasteiger partial charge < -0.3 is 0 Å². The number of hydrogen-bond acceptors (Lipinski definition) is 0. The first-order valence-electron chi connectivity index (χ1n) is 17.5. The SMILES string of the molecule is CCC1CCC(C2CCC(C)C2)CC1.CCCCC1C(C)CC2CCCC2C1C1CCC(CC)CC1. The van der Waals surface area contributed by atoms with Crippen LogP contribution in [0.15, 0.2) is 0 Å². The zero-order valence-corrected chi connectivity index (χ0v) is 25.5. The minimum Gasteiger partial charge on any atom is -0.0654 e. The van der Waals surface area contributed by atoms with Crippen LogP contribution in [-0.2, 0) is 0 Å². The molecule has 0 nitrogen and oxygen atoms in total. The highest BCUT2D eigenvalue weighted by Crippen LogP contribution is 2.56. The Balaban J connectivity index is 0.000000187. The molecule has 210 valence electrons. The predicted molar refractivity (Wildman–Crippen MR) is 159 cm³/mol. The van der Waals surface area contributed by atoms with Crippen molar-refractivity contribution in [3.63, 3.8) is 0 Å². The van der Waals surface area contributed by atoms with Crippen LogP contribution < -0.4 is 0 Å². The summed E-state index contributed by atoms with van der Waals surface area (Å²) in [6, 6.07) is 0. The van der Waals surface area contributed by atoms with Crippen LogP contribution in [0.3, 0.4) is 0 Å². The van der Waals surface area contributed by atoms with E-state index in [4.69, 9.17) is 0 Å². The highest BCUT2D eigenvalue weighted by molar-refractivity contribution is 4.97. The standard InChI is InChI=1S/C22H40.C14H26/c1-4-6-9-20-16(3)15-19-8-7-10-21(19)22(20)18-13-11-17(5-2)12-14-18;1-3-12-5-8-13(9-6-12)14-7-4-11(2)10-14/h16-22H,4-15H2,1-3H3;11-14H,3-10H2,1-2H3. The first-order chi connectivity index (χ1) is 17.5. The van der Waals surface area contributed by atoms with E-state index in [9.17, 15) is 0 Å². The third-order valence-electron chi connectivity index (χ3n) is 12.9. The van der Waals surface area contributed by atoms with Crippen LogP contribution in [0.2, 0.25) is 0 Å². The fraction of sp³-hybridized carbons (Fsp3) is 1.00. The first-order valence-corrected chi connectivity index (χ1v) is 17.5. The van der Waals surface area contributed by atoms with Crippen LogP contribution in [0, 0.1) is 65.1 Å². The number of hydrogen-bond donors (Lipinski definition) is 0. The molecule has 0 N–H and O–H groups in total. The summed E-state index contributed by atoms with van der Waals surface area (Å²) >= 11 is 0. The van der Waals surface area contributed by atoms with Crippen LogP contribution in [0.25, 0.3) is 0 Å². The largest absolute Gasteiger partial charge is 0.0654 e. The van der Waals surface area contributed by atoms with Gasteiger partial charge in [0.1, 0.15) is 0 Å². The fourth-order valence-corrected chi connectivity index (χ4v) is 10.6. The van der Waals surface area contributed by atoms with Crippen molar-refractivity contribution in [2.45, 2.75) is 163 Å². The van der Waals surface area contributed by atoms with E-state index in [1.165, 1.54) is 44.9 Å². The van der Waals surface area contributed by atoms with E-state index in [2.05, 4.69) is 34.6 Å². The van der Waals surface area contributed by atoms with E-state index in [1.807, 2.05) is 0 Å². The van der Waals surface area contributed by atoms with Crippen LogP contribution in [0.4, 0.5) is 0 Å². The lowest BCUT2D eigenvalue weighted by atomic mass is 9.56. The summed E-state index contributed by atoms with van der Waals surface area (Å²) in [6.07, 6.45) is 30.5. The average molecular weight is 499 g/mol. The second kappa shape index (κ2) is 14.4. The van der Waals surface area contributed by atoms with Gasteiger partial charge in [0.15, 0.2) is 0 Å². The second-order valence-electron chi connectivity index (χ2n) is 15.0. The van der Waals surface area contributed by atoms with E-state index >= 15 is 0 Å². The Hall–Kier alpha value is 0. The van der Waals surface area contributed by atoms with Crippen LogP contribution in [0.5, 0.6) is 0 Å². The zero-order valence-electron chi connectivity index (χ0n) is 25.5. The first kappa shape index (κ1) is 29.0. The van der Waals surface area contributed by atoms with E-state index in [0.717, 1.165) is 65.1 Å². The summed E-state index contributed by atoms with van der Waals surface area (Å²) in [4.78, 5) is 0. The smallest absolute Gasteiger partial charge is 0.0324 e. The quantitative estimate of drug-likeness (QED) is 0.327. The summed E-state index contributed by atoms with van der Waals surface area (Å²) in [5.74, 6) is 11.9. The molecule has 5 rings (SSSR count). The molecule has 0 aromatic carbocycles. The summed E-state index contributed by atoms with van der Waals surface area (Å²) in [7, 11) is 0. The van der Waals surface area contributed by atoms with Gasteiger partial charge >= 0.3 is 0 Å². The van der Waals surface area contributed by atoms with Gasteiger partial charge in [-0.05, 0) is 123 Å².